The van der Waals surface area contributed by atoms with Crippen molar-refractivity contribution in [3.63, 3.8) is 0 Å². The lowest BCUT2D eigenvalue weighted by Gasteiger charge is -2.24. The van der Waals surface area contributed by atoms with Gasteiger partial charge in [0.1, 0.15) is 18.6 Å². The minimum Gasteiger partial charge on any atom is -0.482 e. The third kappa shape index (κ3) is 8.02. The average Bonchev–Trinajstić information content (AvgIpc) is 3.17. The van der Waals surface area contributed by atoms with Crippen LogP contribution in [-0.2, 0) is 40.9 Å². The number of hydrogen-bond donors (Lipinski definition) is 0. The molecule has 1 aliphatic rings. The predicted octanol–water partition coefficient (Wildman–Crippen LogP) is 6.45. The van der Waals surface area contributed by atoms with Crippen molar-refractivity contribution in [1.82, 2.24) is 9.21 Å². The van der Waals surface area contributed by atoms with Crippen LogP contribution < -0.4 is 10.2 Å². The molecule has 0 radical (unpaired) electrons. The maximum atomic E-state index is 13.6. The molecule has 1 aliphatic heterocycles. The molecule has 14 heteroatoms. The van der Waals surface area contributed by atoms with Gasteiger partial charge in [0.15, 0.2) is 0 Å². The number of alkyl halides is 6. The van der Waals surface area contributed by atoms with Crippen molar-refractivity contribution in [2.75, 3.05) is 26.2 Å². The lowest BCUT2D eigenvalue weighted by molar-refractivity contribution is -0.143. The molecule has 1 saturated heterocycles. The fourth-order valence-electron chi connectivity index (χ4n) is 4.74. The maximum Gasteiger partial charge on any atom is 0.417 e. The number of nitrogens with zero attached hydrogens (tertiary/aromatic N) is 2. The number of halogens is 6. The Labute approximate surface area is 251 Å². The molecular formula is C30H32F6N2O5S. The van der Waals surface area contributed by atoms with E-state index in [2.05, 4.69) is 20.8 Å². The first kappa shape index (κ1) is 33.5. The van der Waals surface area contributed by atoms with E-state index in [1.165, 1.54) is 12.3 Å². The molecule has 0 spiro atoms. The van der Waals surface area contributed by atoms with Gasteiger partial charge in [-0.2, -0.15) is 30.6 Å². The van der Waals surface area contributed by atoms with E-state index >= 15 is 0 Å². The van der Waals surface area contributed by atoms with Crippen molar-refractivity contribution in [3.05, 3.63) is 93.0 Å². The van der Waals surface area contributed by atoms with E-state index in [0.29, 0.717) is 6.54 Å². The van der Waals surface area contributed by atoms with Crippen LogP contribution in [0.3, 0.4) is 0 Å². The van der Waals surface area contributed by atoms with Gasteiger partial charge in [-0.25, -0.2) is 8.42 Å². The molecule has 0 amide bonds. The van der Waals surface area contributed by atoms with Gasteiger partial charge in [-0.05, 0) is 47.7 Å². The second kappa shape index (κ2) is 12.6. The molecule has 4 rings (SSSR count). The third-order valence-corrected chi connectivity index (χ3v) is 9.16. The van der Waals surface area contributed by atoms with Crippen LogP contribution in [0.1, 0.15) is 55.2 Å². The summed E-state index contributed by atoms with van der Waals surface area (Å²) in [5, 5.41) is 0. The summed E-state index contributed by atoms with van der Waals surface area (Å²) in [6.45, 7) is 6.38. The largest absolute Gasteiger partial charge is 0.482 e. The number of rotatable bonds is 7. The summed E-state index contributed by atoms with van der Waals surface area (Å²) in [7, 11) is -4.93. The molecule has 240 valence electrons. The highest BCUT2D eigenvalue weighted by atomic mass is 32.2. The molecule has 7 nitrogen and oxygen atoms in total. The van der Waals surface area contributed by atoms with Crippen molar-refractivity contribution in [2.24, 2.45) is 0 Å². The fourth-order valence-corrected chi connectivity index (χ4v) is 6.45. The van der Waals surface area contributed by atoms with Crippen LogP contribution in [0, 0.1) is 0 Å². The highest BCUT2D eigenvalue weighted by Gasteiger charge is 2.42. The second-order valence-corrected chi connectivity index (χ2v) is 13.5. The Morgan fingerprint density at radius 3 is 2.09 bits per heavy atom. The van der Waals surface area contributed by atoms with Crippen LogP contribution in [0.2, 0.25) is 0 Å². The van der Waals surface area contributed by atoms with Gasteiger partial charge in [-0.3, -0.25) is 9.69 Å². The summed E-state index contributed by atoms with van der Waals surface area (Å²) >= 11 is 0. The molecule has 0 aliphatic carbocycles. The van der Waals surface area contributed by atoms with E-state index in [0.717, 1.165) is 15.4 Å². The summed E-state index contributed by atoms with van der Waals surface area (Å²) in [4.78, 5) is 12.9. The Morgan fingerprint density at radius 2 is 1.50 bits per heavy atom. The van der Waals surface area contributed by atoms with Gasteiger partial charge in [-0.15, -0.1) is 0 Å². The molecule has 0 unspecified atom stereocenters. The molecule has 0 saturated carbocycles. The fraction of sp³-hybridized carbons (Fsp3) is 0.433. The van der Waals surface area contributed by atoms with Crippen LogP contribution in [0.25, 0.3) is 0 Å². The zero-order chi connectivity index (χ0) is 32.5. The molecular weight excluding hydrogens is 614 g/mol. The van der Waals surface area contributed by atoms with Gasteiger partial charge in [-0.1, -0.05) is 45.0 Å². The Morgan fingerprint density at radius 1 is 0.841 bits per heavy atom. The summed E-state index contributed by atoms with van der Waals surface area (Å²) in [5.74, 6) is 0.258. The van der Waals surface area contributed by atoms with E-state index in [1.54, 1.807) is 4.90 Å². The van der Waals surface area contributed by atoms with Gasteiger partial charge in [0.2, 0.25) is 21.2 Å². The minimum atomic E-state index is -5.19. The number of sulfonamides is 1. The molecule has 1 fully saturated rings. The Bertz CT molecular complexity index is 1630. The molecule has 3 aromatic rings. The predicted molar refractivity (Wildman–Crippen MR) is 150 cm³/mol. The highest BCUT2D eigenvalue weighted by Crippen LogP contribution is 2.39. The Balaban J connectivity index is 1.42. The molecule has 1 aromatic heterocycles. The zero-order valence-corrected chi connectivity index (χ0v) is 25.1. The molecule has 2 heterocycles. The van der Waals surface area contributed by atoms with Crippen molar-refractivity contribution in [2.45, 2.75) is 63.0 Å². The first-order valence-corrected chi connectivity index (χ1v) is 15.1. The van der Waals surface area contributed by atoms with Gasteiger partial charge in [0, 0.05) is 25.7 Å². The molecule has 0 atom stereocenters. The van der Waals surface area contributed by atoms with Gasteiger partial charge in [0.25, 0.3) is 0 Å². The standard InChI is InChI=1S/C30H32F6N2O5S/c1-28(2,3)21-7-5-20(6-8-21)18-43-26-19-42-23(16-25(26)39)17-37-11-4-12-38(14-13-37)44(40,41)27-15-22(29(31,32)33)9-10-24(27)30(34,35)36/h5-10,15-16,19H,4,11-14,17-18H2,1-3H3. The third-order valence-electron chi connectivity index (χ3n) is 7.23. The lowest BCUT2D eigenvalue weighted by Crippen LogP contribution is -2.36. The summed E-state index contributed by atoms with van der Waals surface area (Å²) < 4.78 is 119. The van der Waals surface area contributed by atoms with Crippen LogP contribution in [0.15, 0.2) is 68.9 Å². The Hall–Kier alpha value is -3.36. The SMILES string of the molecule is CC(C)(C)c1ccc(COc2coc(CN3CCCN(S(=O)(=O)c4cc(C(F)(F)F)ccc4C(F)(F)F)CC3)cc2=O)cc1. The van der Waals surface area contributed by atoms with Crippen LogP contribution in [0.4, 0.5) is 26.3 Å². The quantitative estimate of drug-likeness (QED) is 0.275. The Kier molecular flexibility index (Phi) is 9.57. The van der Waals surface area contributed by atoms with Gasteiger partial charge < -0.3 is 9.15 Å². The number of hydrogen-bond acceptors (Lipinski definition) is 6. The summed E-state index contributed by atoms with van der Waals surface area (Å²) in [5.41, 5.74) is -1.59. The van der Waals surface area contributed by atoms with Crippen molar-refractivity contribution >= 4 is 10.0 Å². The van der Waals surface area contributed by atoms with Crippen molar-refractivity contribution in [3.8, 4) is 5.75 Å². The molecule has 0 N–H and O–H groups in total. The monoisotopic (exact) mass is 646 g/mol. The van der Waals surface area contributed by atoms with Crippen molar-refractivity contribution in [1.29, 1.82) is 0 Å². The van der Waals surface area contributed by atoms with Crippen LogP contribution >= 0.6 is 0 Å². The van der Waals surface area contributed by atoms with Crippen molar-refractivity contribution < 1.29 is 43.9 Å². The van der Waals surface area contributed by atoms with E-state index in [4.69, 9.17) is 9.15 Å². The zero-order valence-electron chi connectivity index (χ0n) is 24.3. The van der Waals surface area contributed by atoms with Gasteiger partial charge in [0.05, 0.1) is 22.6 Å². The second-order valence-electron chi connectivity index (χ2n) is 11.6. The minimum absolute atomic E-state index is 0.00309. The average molecular weight is 647 g/mol. The van der Waals surface area contributed by atoms with Crippen LogP contribution in [0.5, 0.6) is 5.75 Å². The highest BCUT2D eigenvalue weighted by molar-refractivity contribution is 7.89. The van der Waals surface area contributed by atoms with E-state index < -0.39 is 43.8 Å². The molecule has 0 bridgehead atoms. The summed E-state index contributed by atoms with van der Waals surface area (Å²) in [6.07, 6.45) is -8.86. The topological polar surface area (TPSA) is 80.1 Å². The van der Waals surface area contributed by atoms with E-state index in [-0.39, 0.29) is 74.3 Å². The van der Waals surface area contributed by atoms with Crippen LogP contribution in [-0.4, -0.2) is 43.8 Å². The normalized spacial score (nSPS) is 16.1. The number of ether oxygens (including phenoxy) is 1. The maximum absolute atomic E-state index is 13.6. The summed E-state index contributed by atoms with van der Waals surface area (Å²) in [6, 6.07) is 9.43. The van der Waals surface area contributed by atoms with E-state index in [9.17, 15) is 39.6 Å². The lowest BCUT2D eigenvalue weighted by atomic mass is 9.87. The van der Waals surface area contributed by atoms with E-state index in [1.807, 2.05) is 24.3 Å². The number of benzene rings is 2. The smallest absolute Gasteiger partial charge is 0.417 e. The molecule has 2 aromatic carbocycles. The first-order valence-electron chi connectivity index (χ1n) is 13.7. The van der Waals surface area contributed by atoms with Gasteiger partial charge >= 0.3 is 12.4 Å². The molecule has 44 heavy (non-hydrogen) atoms. The first-order chi connectivity index (χ1) is 20.4.